The number of halogens is 3. The van der Waals surface area contributed by atoms with Gasteiger partial charge in [-0.25, -0.2) is 26.3 Å². The van der Waals surface area contributed by atoms with Crippen LogP contribution in [0.25, 0.3) is 0 Å². The van der Waals surface area contributed by atoms with E-state index in [4.69, 9.17) is 4.74 Å². The molecule has 0 radical (unpaired) electrons. The Morgan fingerprint density at radius 1 is 1.24 bits per heavy atom. The number of hydrogen-bond donors (Lipinski definition) is 3. The molecule has 1 unspecified atom stereocenters. The molecule has 1 aromatic carbocycles. The Kier molecular flexibility index (Phi) is 4.79. The predicted octanol–water partition coefficient (Wildman–Crippen LogP) is 0.953. The second kappa shape index (κ2) is 7.04. The number of ether oxygens (including phenoxy) is 1. The Morgan fingerprint density at radius 2 is 1.93 bits per heavy atom. The maximum absolute atomic E-state index is 13.4. The Bertz CT molecular complexity index is 1080. The maximum Gasteiger partial charge on any atom is 0.276 e. The van der Waals surface area contributed by atoms with Gasteiger partial charge in [-0.1, -0.05) is 0 Å². The molecule has 4 rings (SSSR count). The topological polar surface area (TPSA) is 101 Å². The minimum atomic E-state index is -3.97. The van der Waals surface area contributed by atoms with Crippen LogP contribution in [0.5, 0.6) is 5.75 Å². The fourth-order valence-corrected chi connectivity index (χ4v) is 4.99. The van der Waals surface area contributed by atoms with Gasteiger partial charge in [0.15, 0.2) is 28.9 Å². The van der Waals surface area contributed by atoms with Crippen LogP contribution in [0.15, 0.2) is 23.2 Å². The van der Waals surface area contributed by atoms with E-state index >= 15 is 0 Å². The third-order valence-corrected chi connectivity index (χ3v) is 6.42. The number of nitrogens with one attached hydrogen (secondary N) is 3. The number of benzene rings is 1. The molecule has 1 saturated heterocycles. The van der Waals surface area contributed by atoms with E-state index in [-0.39, 0.29) is 40.6 Å². The third-order valence-electron chi connectivity index (χ3n) is 4.94. The fourth-order valence-electron chi connectivity index (χ4n) is 3.49. The summed E-state index contributed by atoms with van der Waals surface area (Å²) < 4.78 is 75.0. The molecule has 3 N–H and O–H groups in total. The summed E-state index contributed by atoms with van der Waals surface area (Å²) in [7, 11) is -2.53. The number of aromatic nitrogens is 1. The summed E-state index contributed by atoms with van der Waals surface area (Å²) in [6.07, 6.45) is 1.22. The molecule has 29 heavy (non-hydrogen) atoms. The summed E-state index contributed by atoms with van der Waals surface area (Å²) in [5.41, 5.74) is -0.479. The number of amides is 1. The van der Waals surface area contributed by atoms with Crippen LogP contribution in [0.4, 0.5) is 18.9 Å². The molecule has 8 nitrogen and oxygen atoms in total. The van der Waals surface area contributed by atoms with E-state index in [1.165, 1.54) is 17.8 Å². The van der Waals surface area contributed by atoms with Gasteiger partial charge in [0.1, 0.15) is 4.90 Å². The Hall–Kier alpha value is -2.57. The number of carbonyl (C=O) groups excluding carboxylic acids is 1. The molecule has 2 atom stereocenters. The number of sulfonamides is 1. The van der Waals surface area contributed by atoms with Crippen molar-refractivity contribution in [1.82, 2.24) is 14.6 Å². The lowest BCUT2D eigenvalue weighted by atomic mass is 10.1. The molecule has 2 aromatic rings. The number of carbonyl (C=O) groups is 1. The van der Waals surface area contributed by atoms with E-state index < -0.39 is 33.4 Å². The lowest BCUT2D eigenvalue weighted by Crippen LogP contribution is -2.43. The van der Waals surface area contributed by atoms with Gasteiger partial charge in [-0.3, -0.25) is 4.79 Å². The molecule has 0 spiro atoms. The number of nitrogens with zero attached hydrogens (tertiary/aromatic N) is 1. The van der Waals surface area contributed by atoms with Crippen molar-refractivity contribution in [1.29, 1.82) is 0 Å². The van der Waals surface area contributed by atoms with E-state index in [1.807, 2.05) is 0 Å². The summed E-state index contributed by atoms with van der Waals surface area (Å²) in [6.45, 7) is 1.17. The van der Waals surface area contributed by atoms with Crippen molar-refractivity contribution in [3.8, 4) is 5.75 Å². The van der Waals surface area contributed by atoms with Crippen LogP contribution >= 0.6 is 0 Å². The Balaban J connectivity index is 1.71. The second-order valence-electron chi connectivity index (χ2n) is 6.95. The van der Waals surface area contributed by atoms with Gasteiger partial charge in [0, 0.05) is 56.1 Å². The van der Waals surface area contributed by atoms with Crippen LogP contribution in [0, 0.1) is 23.4 Å². The Labute approximate surface area is 164 Å². The second-order valence-corrected chi connectivity index (χ2v) is 8.63. The van der Waals surface area contributed by atoms with Crippen molar-refractivity contribution in [2.45, 2.75) is 10.9 Å². The monoisotopic (exact) mass is 430 g/mol. The highest BCUT2D eigenvalue weighted by molar-refractivity contribution is 7.89. The average molecular weight is 430 g/mol. The van der Waals surface area contributed by atoms with Gasteiger partial charge in [-0.05, 0) is 0 Å². The molecule has 1 amide bonds. The molecule has 1 fully saturated rings. The minimum absolute atomic E-state index is 0.130. The number of fused-ring (bicyclic) bond motifs is 2. The van der Waals surface area contributed by atoms with Crippen LogP contribution < -0.4 is 20.1 Å². The van der Waals surface area contributed by atoms with Gasteiger partial charge in [-0.2, -0.15) is 0 Å². The molecule has 0 bridgehead atoms. The molecular formula is C17H17F3N4O4S. The van der Waals surface area contributed by atoms with Crippen molar-refractivity contribution in [3.05, 3.63) is 41.5 Å². The zero-order chi connectivity index (χ0) is 20.9. The largest absolute Gasteiger partial charge is 0.489 e. The molecule has 12 heteroatoms. The molecule has 0 saturated carbocycles. The first-order valence-electron chi connectivity index (χ1n) is 8.68. The van der Waals surface area contributed by atoms with Crippen LogP contribution in [0.1, 0.15) is 10.5 Å². The fraction of sp³-hybridized carbons (Fsp3) is 0.353. The van der Waals surface area contributed by atoms with Crippen LogP contribution in [0.2, 0.25) is 0 Å². The summed E-state index contributed by atoms with van der Waals surface area (Å²) in [4.78, 5) is 12.5. The van der Waals surface area contributed by atoms with E-state index in [2.05, 4.69) is 15.4 Å². The summed E-state index contributed by atoms with van der Waals surface area (Å²) in [5.74, 6) is -5.75. The maximum atomic E-state index is 13.4. The predicted molar refractivity (Wildman–Crippen MR) is 95.6 cm³/mol. The molecule has 2 aliphatic heterocycles. The van der Waals surface area contributed by atoms with Crippen molar-refractivity contribution < 1.29 is 31.1 Å². The molecule has 156 valence electrons. The summed E-state index contributed by atoms with van der Waals surface area (Å²) >= 11 is 0. The minimum Gasteiger partial charge on any atom is -0.489 e. The van der Waals surface area contributed by atoms with Crippen LogP contribution in [0.3, 0.4) is 0 Å². The third kappa shape index (κ3) is 3.47. The SMILES string of the molecule is Cn1cc2c(c1C(=O)Nc1cc(F)c(F)c(F)c1)OC[C@@H]1CNCC1NS2(=O)=O. The van der Waals surface area contributed by atoms with Gasteiger partial charge < -0.3 is 19.9 Å². The standard InChI is InChI=1S/C17H17F3N4O4S/c1-24-6-13-16(28-7-8-4-21-5-12(8)23-29(13,26)27)15(24)17(25)22-9-2-10(18)14(20)11(19)3-9/h2-3,6,8,12,21,23H,4-5,7H2,1H3,(H,22,25)/t8-,12?/m0/s1. The van der Waals surface area contributed by atoms with Gasteiger partial charge in [-0.15, -0.1) is 0 Å². The molecule has 0 aliphatic carbocycles. The highest BCUT2D eigenvalue weighted by Gasteiger charge is 2.38. The Morgan fingerprint density at radius 3 is 2.62 bits per heavy atom. The van der Waals surface area contributed by atoms with E-state index in [1.54, 1.807) is 0 Å². The van der Waals surface area contributed by atoms with Gasteiger partial charge in [0.05, 0.1) is 6.61 Å². The zero-order valence-electron chi connectivity index (χ0n) is 15.1. The van der Waals surface area contributed by atoms with Crippen LogP contribution in [-0.2, 0) is 17.1 Å². The highest BCUT2D eigenvalue weighted by atomic mass is 32.2. The van der Waals surface area contributed by atoms with Gasteiger partial charge >= 0.3 is 0 Å². The van der Waals surface area contributed by atoms with Gasteiger partial charge in [0.25, 0.3) is 5.91 Å². The summed E-state index contributed by atoms with van der Waals surface area (Å²) in [5, 5.41) is 5.32. The first-order valence-corrected chi connectivity index (χ1v) is 10.2. The van der Waals surface area contributed by atoms with E-state index in [0.717, 1.165) is 0 Å². The molecule has 1 aromatic heterocycles. The molecule has 3 heterocycles. The quantitative estimate of drug-likeness (QED) is 0.616. The summed E-state index contributed by atoms with van der Waals surface area (Å²) in [6, 6.07) is 0.907. The molecule has 2 aliphatic rings. The zero-order valence-corrected chi connectivity index (χ0v) is 15.9. The first kappa shape index (κ1) is 19.7. The van der Waals surface area contributed by atoms with Crippen molar-refractivity contribution >= 4 is 21.6 Å². The van der Waals surface area contributed by atoms with Gasteiger partial charge in [0.2, 0.25) is 10.0 Å². The lowest BCUT2D eigenvalue weighted by molar-refractivity contribution is 0.101. The lowest BCUT2D eigenvalue weighted by Gasteiger charge is -2.24. The normalized spacial score (nSPS) is 22.8. The van der Waals surface area contributed by atoms with Crippen molar-refractivity contribution in [2.24, 2.45) is 13.0 Å². The highest BCUT2D eigenvalue weighted by Crippen LogP contribution is 2.34. The smallest absolute Gasteiger partial charge is 0.276 e. The number of aryl methyl sites for hydroxylation is 1. The van der Waals surface area contributed by atoms with Crippen molar-refractivity contribution in [3.63, 3.8) is 0 Å². The van der Waals surface area contributed by atoms with E-state index in [0.29, 0.717) is 25.2 Å². The number of hydrogen-bond acceptors (Lipinski definition) is 5. The average Bonchev–Trinajstić information content (AvgIpc) is 3.20. The first-order chi connectivity index (χ1) is 13.7. The number of anilines is 1. The van der Waals surface area contributed by atoms with Crippen molar-refractivity contribution in [2.75, 3.05) is 25.0 Å². The van der Waals surface area contributed by atoms with Crippen LogP contribution in [-0.4, -0.2) is 44.6 Å². The molecular weight excluding hydrogens is 413 g/mol. The van der Waals surface area contributed by atoms with E-state index in [9.17, 15) is 26.4 Å². The number of rotatable bonds is 2.